The smallest absolute Gasteiger partial charge is 0.129 e. The molecule has 0 saturated carbocycles. The number of halogens is 2. The number of ether oxygens (including phenoxy) is 1. The highest BCUT2D eigenvalue weighted by atomic mass is 79.9. The zero-order valence-corrected chi connectivity index (χ0v) is 12.2. The molecule has 0 radical (unpaired) electrons. The number of rotatable bonds is 4. The average molecular weight is 331 g/mol. The summed E-state index contributed by atoms with van der Waals surface area (Å²) in [4.78, 5) is 0. The molecular weight excluding hydrogens is 318 g/mol. The third-order valence-electron chi connectivity index (χ3n) is 2.58. The Balaban J connectivity index is 2.23. The van der Waals surface area contributed by atoms with Crippen LogP contribution < -0.4 is 5.73 Å². The molecule has 1 heterocycles. The first-order valence-electron chi connectivity index (χ1n) is 5.40. The Bertz CT molecular complexity index is 542. The fourth-order valence-corrected chi connectivity index (χ4v) is 2.09. The molecule has 1 aromatic heterocycles. The molecule has 3 nitrogen and oxygen atoms in total. The molecule has 1 atom stereocenters. The fraction of sp³-hybridized carbons (Fsp3) is 0.231. The molecule has 0 bridgehead atoms. The first-order valence-corrected chi connectivity index (χ1v) is 6.57. The lowest BCUT2D eigenvalue weighted by Crippen LogP contribution is -2.10. The van der Waals surface area contributed by atoms with Crippen LogP contribution in [0, 0.1) is 0 Å². The summed E-state index contributed by atoms with van der Waals surface area (Å²) in [5.74, 6) is 1.45. The van der Waals surface area contributed by atoms with Gasteiger partial charge in [0, 0.05) is 11.6 Å². The van der Waals surface area contributed by atoms with Crippen LogP contribution in [0.2, 0.25) is 5.02 Å². The van der Waals surface area contributed by atoms with E-state index in [1.54, 1.807) is 7.11 Å². The second-order valence-corrected chi connectivity index (χ2v) is 5.15. The normalized spacial score (nSPS) is 12.7. The van der Waals surface area contributed by atoms with E-state index >= 15 is 0 Å². The van der Waals surface area contributed by atoms with Crippen LogP contribution in [0.25, 0.3) is 0 Å². The molecule has 0 spiro atoms. The number of furan rings is 1. The van der Waals surface area contributed by atoms with Crippen LogP contribution in [0.3, 0.4) is 0 Å². The third kappa shape index (κ3) is 2.95. The van der Waals surface area contributed by atoms with Gasteiger partial charge in [-0.2, -0.15) is 0 Å². The van der Waals surface area contributed by atoms with Crippen LogP contribution in [0.1, 0.15) is 23.1 Å². The van der Waals surface area contributed by atoms with Crippen molar-refractivity contribution in [1.29, 1.82) is 0 Å². The summed E-state index contributed by atoms with van der Waals surface area (Å²) in [5, 5.41) is 0.631. The molecule has 2 aromatic rings. The van der Waals surface area contributed by atoms with E-state index in [0.29, 0.717) is 17.4 Å². The van der Waals surface area contributed by atoms with Crippen molar-refractivity contribution in [1.82, 2.24) is 0 Å². The van der Waals surface area contributed by atoms with Gasteiger partial charge < -0.3 is 14.9 Å². The Hall–Kier alpha value is -0.810. The summed E-state index contributed by atoms with van der Waals surface area (Å²) in [7, 11) is 1.62. The van der Waals surface area contributed by atoms with E-state index in [2.05, 4.69) is 15.9 Å². The predicted octanol–water partition coefficient (Wildman–Crippen LogP) is 3.89. The molecule has 18 heavy (non-hydrogen) atoms. The molecule has 0 amide bonds. The summed E-state index contributed by atoms with van der Waals surface area (Å²) >= 11 is 9.39. The van der Waals surface area contributed by atoms with E-state index in [1.165, 1.54) is 0 Å². The summed E-state index contributed by atoms with van der Waals surface area (Å²) in [6, 6.07) is 9.00. The number of benzene rings is 1. The first-order chi connectivity index (χ1) is 8.61. The number of nitrogens with two attached hydrogens (primary N) is 1. The van der Waals surface area contributed by atoms with Crippen LogP contribution >= 0.6 is 27.5 Å². The maximum absolute atomic E-state index is 6.14. The molecule has 96 valence electrons. The largest absolute Gasteiger partial charge is 0.462 e. The quantitative estimate of drug-likeness (QED) is 0.925. The summed E-state index contributed by atoms with van der Waals surface area (Å²) in [6.07, 6.45) is 0. The minimum absolute atomic E-state index is 0.332. The van der Waals surface area contributed by atoms with Crippen LogP contribution in [0.4, 0.5) is 0 Å². The van der Waals surface area contributed by atoms with Crippen molar-refractivity contribution in [2.24, 2.45) is 5.73 Å². The van der Waals surface area contributed by atoms with E-state index in [4.69, 9.17) is 26.5 Å². The highest BCUT2D eigenvalue weighted by Gasteiger charge is 2.14. The van der Waals surface area contributed by atoms with E-state index < -0.39 is 0 Å². The lowest BCUT2D eigenvalue weighted by molar-refractivity contribution is 0.162. The van der Waals surface area contributed by atoms with E-state index in [0.717, 1.165) is 15.8 Å². The molecule has 0 aliphatic carbocycles. The molecule has 0 fully saturated rings. The molecule has 2 N–H and O–H groups in total. The molecular formula is C13H13BrClNO2. The van der Waals surface area contributed by atoms with Crippen molar-refractivity contribution < 1.29 is 9.15 Å². The molecule has 0 saturated heterocycles. The van der Waals surface area contributed by atoms with Crippen LogP contribution in [-0.2, 0) is 11.3 Å². The predicted molar refractivity (Wildman–Crippen MR) is 74.6 cm³/mol. The molecule has 0 aliphatic rings. The topological polar surface area (TPSA) is 48.4 Å². The van der Waals surface area contributed by atoms with E-state index in [9.17, 15) is 0 Å². The van der Waals surface area contributed by atoms with Crippen LogP contribution in [-0.4, -0.2) is 7.11 Å². The Morgan fingerprint density at radius 2 is 2.17 bits per heavy atom. The van der Waals surface area contributed by atoms with Crippen LogP contribution in [0.15, 0.2) is 39.2 Å². The second-order valence-electron chi connectivity index (χ2n) is 3.89. The van der Waals surface area contributed by atoms with Gasteiger partial charge in [0.2, 0.25) is 0 Å². The van der Waals surface area contributed by atoms with Gasteiger partial charge in [0.05, 0.1) is 11.1 Å². The average Bonchev–Trinajstić information content (AvgIpc) is 2.81. The maximum Gasteiger partial charge on any atom is 0.129 e. The van der Waals surface area contributed by atoms with Gasteiger partial charge in [-0.05, 0) is 45.8 Å². The highest BCUT2D eigenvalue weighted by molar-refractivity contribution is 9.10. The first kappa shape index (κ1) is 13.6. The van der Waals surface area contributed by atoms with Gasteiger partial charge in [0.1, 0.15) is 18.1 Å². The summed E-state index contributed by atoms with van der Waals surface area (Å²) < 4.78 is 11.5. The lowest BCUT2D eigenvalue weighted by atomic mass is 10.1. The monoisotopic (exact) mass is 329 g/mol. The molecule has 1 aromatic carbocycles. The number of methoxy groups -OCH3 is 1. The number of hydrogen-bond acceptors (Lipinski definition) is 3. The van der Waals surface area contributed by atoms with Crippen molar-refractivity contribution in [3.63, 3.8) is 0 Å². The van der Waals surface area contributed by atoms with Gasteiger partial charge in [-0.25, -0.2) is 0 Å². The maximum atomic E-state index is 6.14. The van der Waals surface area contributed by atoms with Gasteiger partial charge >= 0.3 is 0 Å². The molecule has 0 aliphatic heterocycles. The van der Waals surface area contributed by atoms with Crippen LogP contribution in [0.5, 0.6) is 0 Å². The van der Waals surface area contributed by atoms with Gasteiger partial charge in [-0.15, -0.1) is 0 Å². The molecule has 2 rings (SSSR count). The van der Waals surface area contributed by atoms with E-state index in [-0.39, 0.29) is 6.04 Å². The van der Waals surface area contributed by atoms with Gasteiger partial charge in [0.15, 0.2) is 0 Å². The zero-order chi connectivity index (χ0) is 13.1. The van der Waals surface area contributed by atoms with Crippen molar-refractivity contribution >= 4 is 27.5 Å². The van der Waals surface area contributed by atoms with E-state index in [1.807, 2.05) is 30.3 Å². The highest BCUT2D eigenvalue weighted by Crippen LogP contribution is 2.28. The Morgan fingerprint density at radius 1 is 1.39 bits per heavy atom. The Morgan fingerprint density at radius 3 is 2.83 bits per heavy atom. The fourth-order valence-electron chi connectivity index (χ4n) is 1.65. The lowest BCUT2D eigenvalue weighted by Gasteiger charge is -2.10. The zero-order valence-electron chi connectivity index (χ0n) is 9.82. The van der Waals surface area contributed by atoms with Gasteiger partial charge in [0.25, 0.3) is 0 Å². The third-order valence-corrected chi connectivity index (χ3v) is 3.81. The van der Waals surface area contributed by atoms with Crippen molar-refractivity contribution in [2.75, 3.05) is 7.11 Å². The SMILES string of the molecule is COCc1ccc(C(N)c2ccc(Br)c(Cl)c2)o1. The second kappa shape index (κ2) is 5.89. The Labute approximate surface area is 119 Å². The van der Waals surface area contributed by atoms with Gasteiger partial charge in [-0.3, -0.25) is 0 Å². The summed E-state index contributed by atoms with van der Waals surface area (Å²) in [6.45, 7) is 0.438. The van der Waals surface area contributed by atoms with Gasteiger partial charge in [-0.1, -0.05) is 17.7 Å². The minimum Gasteiger partial charge on any atom is -0.462 e. The molecule has 1 unspecified atom stereocenters. The van der Waals surface area contributed by atoms with Crippen molar-refractivity contribution in [2.45, 2.75) is 12.6 Å². The van der Waals surface area contributed by atoms with Crippen molar-refractivity contribution in [3.8, 4) is 0 Å². The van der Waals surface area contributed by atoms with Crippen molar-refractivity contribution in [3.05, 3.63) is 56.9 Å². The standard InChI is InChI=1S/C13H13BrClNO2/c1-17-7-9-3-5-12(18-9)13(16)8-2-4-10(14)11(15)6-8/h2-6,13H,7,16H2,1H3. The minimum atomic E-state index is -0.332. The summed E-state index contributed by atoms with van der Waals surface area (Å²) in [5.41, 5.74) is 7.04. The Kier molecular flexibility index (Phi) is 4.45. The number of hydrogen-bond donors (Lipinski definition) is 1. The molecule has 5 heteroatoms.